The summed E-state index contributed by atoms with van der Waals surface area (Å²) >= 11 is 5.92. The van der Waals surface area contributed by atoms with Crippen LogP contribution in [0.25, 0.3) is 0 Å². The van der Waals surface area contributed by atoms with Gasteiger partial charge in [0, 0.05) is 5.69 Å². The van der Waals surface area contributed by atoms with Crippen molar-refractivity contribution in [3.05, 3.63) is 53.3 Å². The second kappa shape index (κ2) is 5.58. The summed E-state index contributed by atoms with van der Waals surface area (Å²) in [6.45, 7) is 0. The molecule has 0 saturated carbocycles. The van der Waals surface area contributed by atoms with E-state index in [1.165, 1.54) is 18.2 Å². The average Bonchev–Trinajstić information content (AvgIpc) is 2.34. The number of rotatable bonds is 2. The number of amides is 2. The van der Waals surface area contributed by atoms with Gasteiger partial charge in [0.1, 0.15) is 5.82 Å². The largest absolute Gasteiger partial charge is 0.397 e. The van der Waals surface area contributed by atoms with Crippen molar-refractivity contribution in [1.29, 1.82) is 0 Å². The van der Waals surface area contributed by atoms with Crippen LogP contribution in [-0.2, 0) is 0 Å². The van der Waals surface area contributed by atoms with Crippen LogP contribution in [0, 0.1) is 5.82 Å². The molecule has 0 aliphatic rings. The molecule has 4 N–H and O–H groups in total. The Balaban J connectivity index is 2.10. The van der Waals surface area contributed by atoms with Crippen LogP contribution < -0.4 is 16.4 Å². The Hall–Kier alpha value is -2.27. The Morgan fingerprint density at radius 3 is 2.58 bits per heavy atom. The van der Waals surface area contributed by atoms with E-state index in [0.717, 1.165) is 0 Å². The van der Waals surface area contributed by atoms with E-state index in [9.17, 15) is 9.18 Å². The summed E-state index contributed by atoms with van der Waals surface area (Å²) in [5, 5.41) is 5.33. The summed E-state index contributed by atoms with van der Waals surface area (Å²) in [4.78, 5) is 11.7. The molecule has 0 heterocycles. The van der Waals surface area contributed by atoms with Crippen LogP contribution in [0.1, 0.15) is 0 Å². The van der Waals surface area contributed by atoms with Crippen LogP contribution in [0.2, 0.25) is 5.02 Å². The predicted octanol–water partition coefficient (Wildman–Crippen LogP) is 3.71. The van der Waals surface area contributed by atoms with Crippen LogP contribution in [0.4, 0.5) is 26.2 Å². The Labute approximate surface area is 114 Å². The predicted molar refractivity (Wildman–Crippen MR) is 74.9 cm³/mol. The van der Waals surface area contributed by atoms with Gasteiger partial charge in [-0.15, -0.1) is 0 Å². The van der Waals surface area contributed by atoms with E-state index < -0.39 is 11.8 Å². The van der Waals surface area contributed by atoms with Crippen LogP contribution >= 0.6 is 11.6 Å². The molecule has 2 rings (SSSR count). The highest BCUT2D eigenvalue weighted by molar-refractivity contribution is 6.34. The lowest BCUT2D eigenvalue weighted by Crippen LogP contribution is -2.20. The summed E-state index contributed by atoms with van der Waals surface area (Å²) in [6, 6.07) is 9.90. The first-order chi connectivity index (χ1) is 9.06. The summed E-state index contributed by atoms with van der Waals surface area (Å²) in [5.74, 6) is -0.435. The number of benzene rings is 2. The molecular weight excluding hydrogens is 269 g/mol. The van der Waals surface area contributed by atoms with E-state index in [1.807, 2.05) is 0 Å². The van der Waals surface area contributed by atoms with Crippen molar-refractivity contribution >= 4 is 34.7 Å². The topological polar surface area (TPSA) is 67.1 Å². The van der Waals surface area contributed by atoms with Crippen molar-refractivity contribution in [3.63, 3.8) is 0 Å². The quantitative estimate of drug-likeness (QED) is 0.734. The molecule has 2 aromatic rings. The van der Waals surface area contributed by atoms with Gasteiger partial charge in [-0.1, -0.05) is 23.7 Å². The molecule has 6 heteroatoms. The summed E-state index contributed by atoms with van der Waals surface area (Å²) < 4.78 is 13.0. The van der Waals surface area contributed by atoms with Gasteiger partial charge in [-0.2, -0.15) is 0 Å². The normalized spacial score (nSPS) is 10.0. The first-order valence-electron chi connectivity index (χ1n) is 5.44. The number of hydrogen-bond donors (Lipinski definition) is 3. The lowest BCUT2D eigenvalue weighted by atomic mass is 10.2. The zero-order chi connectivity index (χ0) is 13.8. The molecule has 0 aliphatic heterocycles. The van der Waals surface area contributed by atoms with Crippen molar-refractivity contribution in [1.82, 2.24) is 0 Å². The van der Waals surface area contributed by atoms with Crippen LogP contribution in [0.5, 0.6) is 0 Å². The molecule has 0 atom stereocenters. The minimum atomic E-state index is -0.551. The van der Waals surface area contributed by atoms with Crippen LogP contribution in [0.15, 0.2) is 42.5 Å². The number of nitrogens with two attached hydrogens (primary N) is 1. The maximum atomic E-state index is 13.0. The van der Waals surface area contributed by atoms with Gasteiger partial charge in [-0.25, -0.2) is 9.18 Å². The van der Waals surface area contributed by atoms with Crippen molar-refractivity contribution in [2.75, 3.05) is 16.4 Å². The SMILES string of the molecule is Nc1cccc(Cl)c1NC(=O)Nc1cccc(F)c1. The number of hydrogen-bond acceptors (Lipinski definition) is 2. The smallest absolute Gasteiger partial charge is 0.323 e. The molecule has 0 fully saturated rings. The van der Waals surface area contributed by atoms with Crippen molar-refractivity contribution in [2.45, 2.75) is 0 Å². The standard InChI is InChI=1S/C13H11ClFN3O/c14-10-5-2-6-11(16)12(10)18-13(19)17-9-4-1-3-8(15)7-9/h1-7H,16H2,(H2,17,18,19). The zero-order valence-electron chi connectivity index (χ0n) is 9.78. The highest BCUT2D eigenvalue weighted by Gasteiger charge is 2.09. The van der Waals surface area contributed by atoms with Gasteiger partial charge in [0.05, 0.1) is 16.4 Å². The molecule has 4 nitrogen and oxygen atoms in total. The van der Waals surface area contributed by atoms with Crippen molar-refractivity contribution in [2.24, 2.45) is 0 Å². The molecule has 0 aliphatic carbocycles. The molecular formula is C13H11ClFN3O. The molecule has 2 aromatic carbocycles. The fourth-order valence-electron chi connectivity index (χ4n) is 1.51. The summed E-state index contributed by atoms with van der Waals surface area (Å²) in [7, 11) is 0. The third-order valence-corrected chi connectivity index (χ3v) is 2.68. The number of carbonyl (C=O) groups is 1. The van der Waals surface area contributed by atoms with Crippen molar-refractivity contribution < 1.29 is 9.18 Å². The zero-order valence-corrected chi connectivity index (χ0v) is 10.5. The maximum Gasteiger partial charge on any atom is 0.323 e. The van der Waals surface area contributed by atoms with Gasteiger partial charge in [0.15, 0.2) is 0 Å². The number of nitrogen functional groups attached to an aromatic ring is 1. The minimum absolute atomic E-state index is 0.318. The number of anilines is 3. The summed E-state index contributed by atoms with van der Waals surface area (Å²) in [6.07, 6.45) is 0. The highest BCUT2D eigenvalue weighted by atomic mass is 35.5. The van der Waals surface area contributed by atoms with Gasteiger partial charge in [-0.3, -0.25) is 0 Å². The summed E-state index contributed by atoms with van der Waals surface area (Å²) in [5.41, 5.74) is 6.70. The van der Waals surface area contributed by atoms with E-state index in [0.29, 0.717) is 22.1 Å². The van der Waals surface area contributed by atoms with E-state index in [4.69, 9.17) is 17.3 Å². The van der Waals surface area contributed by atoms with Gasteiger partial charge in [0.25, 0.3) is 0 Å². The molecule has 0 aromatic heterocycles. The molecule has 2 amide bonds. The van der Waals surface area contributed by atoms with E-state index in [-0.39, 0.29) is 0 Å². The second-order valence-electron chi connectivity index (χ2n) is 3.79. The van der Waals surface area contributed by atoms with Crippen LogP contribution in [-0.4, -0.2) is 6.03 Å². The molecule has 0 radical (unpaired) electrons. The number of urea groups is 1. The van der Waals surface area contributed by atoms with Gasteiger partial charge >= 0.3 is 6.03 Å². The third kappa shape index (κ3) is 3.35. The molecule has 0 unspecified atom stereocenters. The third-order valence-electron chi connectivity index (χ3n) is 2.37. The minimum Gasteiger partial charge on any atom is -0.397 e. The van der Waals surface area contributed by atoms with E-state index in [1.54, 1.807) is 24.3 Å². The Morgan fingerprint density at radius 1 is 1.16 bits per heavy atom. The lowest BCUT2D eigenvalue weighted by Gasteiger charge is -2.11. The number of nitrogens with one attached hydrogen (secondary N) is 2. The first kappa shape index (κ1) is 13.2. The average molecular weight is 280 g/mol. The fourth-order valence-corrected chi connectivity index (χ4v) is 1.74. The van der Waals surface area contributed by atoms with Crippen molar-refractivity contribution in [3.8, 4) is 0 Å². The molecule has 0 saturated heterocycles. The molecule has 0 bridgehead atoms. The molecule has 0 spiro atoms. The Bertz CT molecular complexity index is 598. The van der Waals surface area contributed by atoms with Gasteiger partial charge in [0.2, 0.25) is 0 Å². The molecule has 19 heavy (non-hydrogen) atoms. The van der Waals surface area contributed by atoms with E-state index >= 15 is 0 Å². The van der Waals surface area contributed by atoms with Crippen LogP contribution in [0.3, 0.4) is 0 Å². The first-order valence-corrected chi connectivity index (χ1v) is 5.81. The second-order valence-corrected chi connectivity index (χ2v) is 4.20. The monoisotopic (exact) mass is 279 g/mol. The van der Waals surface area contributed by atoms with Gasteiger partial charge in [-0.05, 0) is 30.3 Å². The number of para-hydroxylation sites is 1. The fraction of sp³-hybridized carbons (Fsp3) is 0. The Kier molecular flexibility index (Phi) is 3.87. The molecule has 98 valence electrons. The maximum absolute atomic E-state index is 13.0. The van der Waals surface area contributed by atoms with Gasteiger partial charge < -0.3 is 16.4 Å². The van der Waals surface area contributed by atoms with E-state index in [2.05, 4.69) is 10.6 Å². The highest BCUT2D eigenvalue weighted by Crippen LogP contribution is 2.27. The number of carbonyl (C=O) groups excluding carboxylic acids is 1. The lowest BCUT2D eigenvalue weighted by molar-refractivity contribution is 0.262. The Morgan fingerprint density at radius 2 is 1.89 bits per heavy atom. The number of halogens is 2.